The Morgan fingerprint density at radius 3 is 2.48 bits per heavy atom. The van der Waals surface area contributed by atoms with Gasteiger partial charge >= 0.3 is 5.97 Å². The normalized spacial score (nSPS) is 13.6. The first-order valence-electron chi connectivity index (χ1n) is 8.56. The van der Waals surface area contributed by atoms with E-state index in [0.29, 0.717) is 17.2 Å². The van der Waals surface area contributed by atoms with Crippen molar-refractivity contribution in [3.8, 4) is 17.2 Å². The van der Waals surface area contributed by atoms with Gasteiger partial charge < -0.3 is 18.9 Å². The maximum Gasteiger partial charge on any atom is 0.324 e. The Bertz CT molecular complexity index is 1020. The smallest absolute Gasteiger partial charge is 0.324 e. The molecule has 1 heterocycles. The van der Waals surface area contributed by atoms with E-state index in [9.17, 15) is 18.0 Å². The van der Waals surface area contributed by atoms with Gasteiger partial charge in [0, 0.05) is 5.56 Å². The van der Waals surface area contributed by atoms with Crippen LogP contribution in [0.4, 0.5) is 0 Å². The summed E-state index contributed by atoms with van der Waals surface area (Å²) < 4.78 is 47.2. The number of carbonyl (C=O) groups excluding carboxylic acids is 2. The van der Waals surface area contributed by atoms with Gasteiger partial charge in [-0.25, -0.2) is 8.42 Å². The number of esters is 1. The summed E-state index contributed by atoms with van der Waals surface area (Å²) >= 11 is 0. The fraction of sp³-hybridized carbons (Fsp3) is 0.263. The highest BCUT2D eigenvalue weighted by Gasteiger charge is 2.24. The average Bonchev–Trinajstić information content (AvgIpc) is 3.19. The lowest BCUT2D eigenvalue weighted by molar-refractivity contribution is -0.144. The van der Waals surface area contributed by atoms with Crippen molar-refractivity contribution in [2.24, 2.45) is 0 Å². The number of methoxy groups -OCH3 is 1. The Hall–Kier alpha value is -3.11. The van der Waals surface area contributed by atoms with Gasteiger partial charge in [0.1, 0.15) is 11.8 Å². The number of ketones is 1. The van der Waals surface area contributed by atoms with Crippen molar-refractivity contribution < 1.29 is 37.0 Å². The van der Waals surface area contributed by atoms with E-state index in [4.69, 9.17) is 18.9 Å². The van der Waals surface area contributed by atoms with Crippen LogP contribution in [-0.2, 0) is 19.6 Å². The summed E-state index contributed by atoms with van der Waals surface area (Å²) in [7, 11) is -2.49. The summed E-state index contributed by atoms with van der Waals surface area (Å²) in [5.74, 6) is 0.124. The van der Waals surface area contributed by atoms with Crippen molar-refractivity contribution >= 4 is 21.8 Å². The Labute approximate surface area is 167 Å². The monoisotopic (exact) mass is 421 g/mol. The molecule has 1 atom stereocenters. The van der Waals surface area contributed by atoms with Gasteiger partial charge in [0.25, 0.3) is 0 Å². The van der Waals surface area contributed by atoms with Crippen LogP contribution >= 0.6 is 0 Å². The van der Waals surface area contributed by atoms with Gasteiger partial charge in [0.05, 0.1) is 12.0 Å². The van der Waals surface area contributed by atoms with Crippen molar-refractivity contribution in [3.05, 3.63) is 48.0 Å². The summed E-state index contributed by atoms with van der Waals surface area (Å²) in [5, 5.41) is 0. The molecule has 29 heavy (non-hydrogen) atoms. The molecule has 0 aromatic heterocycles. The van der Waals surface area contributed by atoms with Crippen LogP contribution < -0.4 is 18.9 Å². The number of hydrogen-bond donors (Lipinski definition) is 1. The zero-order valence-corrected chi connectivity index (χ0v) is 16.5. The van der Waals surface area contributed by atoms with E-state index in [0.717, 1.165) is 0 Å². The van der Waals surface area contributed by atoms with E-state index in [-0.39, 0.29) is 17.3 Å². The number of ether oxygens (including phenoxy) is 4. The van der Waals surface area contributed by atoms with Crippen LogP contribution in [-0.4, -0.2) is 46.7 Å². The van der Waals surface area contributed by atoms with E-state index >= 15 is 0 Å². The fourth-order valence-corrected chi connectivity index (χ4v) is 3.71. The molecule has 0 radical (unpaired) electrons. The molecular formula is C19H19NO8S. The van der Waals surface area contributed by atoms with E-state index in [2.05, 4.69) is 4.72 Å². The highest BCUT2D eigenvalue weighted by atomic mass is 32.2. The van der Waals surface area contributed by atoms with Crippen LogP contribution in [0.3, 0.4) is 0 Å². The minimum absolute atomic E-state index is 0.0330. The van der Waals surface area contributed by atoms with Gasteiger partial charge in [-0.1, -0.05) is 0 Å². The minimum Gasteiger partial charge on any atom is -0.497 e. The summed E-state index contributed by atoms with van der Waals surface area (Å²) in [4.78, 5) is 24.3. The van der Waals surface area contributed by atoms with Crippen molar-refractivity contribution in [1.29, 1.82) is 0 Å². The fourth-order valence-electron chi connectivity index (χ4n) is 2.52. The third kappa shape index (κ3) is 4.84. The molecule has 0 unspecified atom stereocenters. The van der Waals surface area contributed by atoms with Gasteiger partial charge in [0.2, 0.25) is 16.8 Å². The molecule has 2 aromatic carbocycles. The second-order valence-electron chi connectivity index (χ2n) is 6.12. The molecule has 1 aliphatic heterocycles. The van der Waals surface area contributed by atoms with Crippen molar-refractivity contribution in [2.45, 2.75) is 17.9 Å². The molecular weight excluding hydrogens is 402 g/mol. The summed E-state index contributed by atoms with van der Waals surface area (Å²) in [5.41, 5.74) is 0.286. The topological polar surface area (TPSA) is 117 Å². The van der Waals surface area contributed by atoms with Gasteiger partial charge in [-0.05, 0) is 49.4 Å². The third-order valence-electron chi connectivity index (χ3n) is 4.10. The van der Waals surface area contributed by atoms with Crippen LogP contribution in [0.2, 0.25) is 0 Å². The number of carbonyl (C=O) groups is 2. The number of rotatable bonds is 8. The largest absolute Gasteiger partial charge is 0.497 e. The molecule has 2 aromatic rings. The molecule has 3 rings (SSSR count). The molecule has 1 N–H and O–H groups in total. The summed E-state index contributed by atoms with van der Waals surface area (Å²) in [6.45, 7) is 0.870. The maximum atomic E-state index is 12.4. The number of fused-ring (bicyclic) bond motifs is 1. The maximum absolute atomic E-state index is 12.4. The Balaban J connectivity index is 1.56. The van der Waals surface area contributed by atoms with Crippen LogP contribution in [0.15, 0.2) is 47.4 Å². The third-order valence-corrected chi connectivity index (χ3v) is 5.65. The van der Waals surface area contributed by atoms with E-state index in [1.807, 2.05) is 0 Å². The molecule has 9 nitrogen and oxygen atoms in total. The molecule has 0 amide bonds. The second-order valence-corrected chi connectivity index (χ2v) is 7.83. The van der Waals surface area contributed by atoms with Crippen molar-refractivity contribution in [2.75, 3.05) is 20.5 Å². The van der Waals surface area contributed by atoms with Crippen LogP contribution in [0.1, 0.15) is 17.3 Å². The highest BCUT2D eigenvalue weighted by Crippen LogP contribution is 2.32. The van der Waals surface area contributed by atoms with Crippen LogP contribution in [0, 0.1) is 0 Å². The SMILES string of the molecule is COc1ccc(S(=O)(=O)N[C@@H](C)C(=O)OCC(=O)c2ccc3c(c2)OCO3)cc1. The second kappa shape index (κ2) is 8.50. The Morgan fingerprint density at radius 1 is 1.10 bits per heavy atom. The van der Waals surface area contributed by atoms with Crippen LogP contribution in [0.5, 0.6) is 17.2 Å². The summed E-state index contributed by atoms with van der Waals surface area (Å²) in [6.07, 6.45) is 0. The molecule has 0 saturated carbocycles. The van der Waals surface area contributed by atoms with E-state index in [1.54, 1.807) is 6.07 Å². The highest BCUT2D eigenvalue weighted by molar-refractivity contribution is 7.89. The Kier molecular flexibility index (Phi) is 6.04. The van der Waals surface area contributed by atoms with Gasteiger partial charge in [-0.2, -0.15) is 4.72 Å². The van der Waals surface area contributed by atoms with E-state index in [1.165, 1.54) is 50.4 Å². The molecule has 0 spiro atoms. The molecule has 1 aliphatic rings. The van der Waals surface area contributed by atoms with Crippen molar-refractivity contribution in [3.63, 3.8) is 0 Å². The van der Waals surface area contributed by atoms with Crippen molar-refractivity contribution in [1.82, 2.24) is 4.72 Å². The lowest BCUT2D eigenvalue weighted by Crippen LogP contribution is -2.40. The molecule has 0 bridgehead atoms. The zero-order valence-electron chi connectivity index (χ0n) is 15.7. The van der Waals surface area contributed by atoms with Crippen LogP contribution in [0.25, 0.3) is 0 Å². The summed E-state index contributed by atoms with van der Waals surface area (Å²) in [6, 6.07) is 9.09. The van der Waals surface area contributed by atoms with Gasteiger partial charge in [-0.3, -0.25) is 9.59 Å². The predicted molar refractivity (Wildman–Crippen MR) is 101 cm³/mol. The average molecular weight is 421 g/mol. The molecule has 0 saturated heterocycles. The molecule has 10 heteroatoms. The first kappa shape index (κ1) is 20.6. The first-order chi connectivity index (χ1) is 13.8. The number of sulfonamides is 1. The number of Topliss-reactive ketones (excluding diaryl/α,β-unsaturated/α-hetero) is 1. The molecule has 0 aliphatic carbocycles. The minimum atomic E-state index is -3.95. The lowest BCUT2D eigenvalue weighted by atomic mass is 10.1. The first-order valence-corrected chi connectivity index (χ1v) is 10.0. The standard InChI is InChI=1S/C19H19NO8S/c1-12(20-29(23,24)15-6-4-14(25-2)5-7-15)19(22)26-10-16(21)13-3-8-17-18(9-13)28-11-27-17/h3-9,12,20H,10-11H2,1-2H3/t12-/m0/s1. The number of benzene rings is 2. The van der Waals surface area contributed by atoms with Gasteiger partial charge in [0.15, 0.2) is 23.9 Å². The number of nitrogens with one attached hydrogen (secondary N) is 1. The van der Waals surface area contributed by atoms with Gasteiger partial charge in [-0.15, -0.1) is 0 Å². The Morgan fingerprint density at radius 2 is 1.79 bits per heavy atom. The lowest BCUT2D eigenvalue weighted by Gasteiger charge is -2.14. The van der Waals surface area contributed by atoms with E-state index < -0.39 is 34.4 Å². The zero-order chi connectivity index (χ0) is 21.0. The molecule has 0 fully saturated rings. The number of hydrogen-bond acceptors (Lipinski definition) is 8. The molecule has 154 valence electrons. The predicted octanol–water partition coefficient (Wildman–Crippen LogP) is 1.52. The quantitative estimate of drug-likeness (QED) is 0.504.